The van der Waals surface area contributed by atoms with Crippen LogP contribution in [0.3, 0.4) is 0 Å². The molecule has 0 saturated carbocycles. The highest BCUT2D eigenvalue weighted by Crippen LogP contribution is 2.26. The van der Waals surface area contributed by atoms with Gasteiger partial charge in [-0.3, -0.25) is 4.79 Å². The van der Waals surface area contributed by atoms with Gasteiger partial charge in [0.05, 0.1) is 4.90 Å². The minimum atomic E-state index is -3.51. The Bertz CT molecular complexity index is 717. The van der Waals surface area contributed by atoms with Crippen LogP contribution in [0.5, 0.6) is 0 Å². The Labute approximate surface area is 156 Å². The van der Waals surface area contributed by atoms with E-state index in [-0.39, 0.29) is 16.8 Å². The van der Waals surface area contributed by atoms with Gasteiger partial charge >= 0.3 is 0 Å². The molecule has 0 aromatic heterocycles. The summed E-state index contributed by atoms with van der Waals surface area (Å²) in [6, 6.07) is 6.45. The van der Waals surface area contributed by atoms with Gasteiger partial charge in [0.2, 0.25) is 10.0 Å². The van der Waals surface area contributed by atoms with Crippen LogP contribution in [0.15, 0.2) is 29.2 Å². The van der Waals surface area contributed by atoms with Crippen molar-refractivity contribution in [3.8, 4) is 0 Å². The fourth-order valence-corrected chi connectivity index (χ4v) is 5.65. The monoisotopic (exact) mass is 379 g/mol. The molecule has 2 aliphatic heterocycles. The van der Waals surface area contributed by atoms with Crippen LogP contribution in [0.1, 0.15) is 43.5 Å². The average Bonchev–Trinajstić information content (AvgIpc) is 2.62. The molecule has 2 saturated heterocycles. The number of nitrogens with zero attached hydrogens (tertiary/aromatic N) is 1. The van der Waals surface area contributed by atoms with Gasteiger partial charge in [-0.05, 0) is 61.9 Å². The zero-order valence-corrected chi connectivity index (χ0v) is 16.4. The topological polar surface area (TPSA) is 78.5 Å². The normalized spacial score (nSPS) is 27.8. The molecule has 26 heavy (non-hydrogen) atoms. The molecule has 0 radical (unpaired) electrons. The quantitative estimate of drug-likeness (QED) is 0.837. The summed E-state index contributed by atoms with van der Waals surface area (Å²) < 4.78 is 27.4. The molecule has 2 aliphatic rings. The highest BCUT2D eigenvalue weighted by atomic mass is 32.2. The third-order valence-electron chi connectivity index (χ3n) is 5.22. The summed E-state index contributed by atoms with van der Waals surface area (Å²) in [6.45, 7) is 7.07. The summed E-state index contributed by atoms with van der Waals surface area (Å²) in [6.07, 6.45) is 3.08. The summed E-state index contributed by atoms with van der Waals surface area (Å²) >= 11 is 0. The SMILES string of the molecule is CC1CC(C)CN(S(=O)(=O)c2ccc(C(=O)NC3CCCNC3)cc2)C1. The van der Waals surface area contributed by atoms with E-state index < -0.39 is 10.0 Å². The van der Waals surface area contributed by atoms with Crippen molar-refractivity contribution in [1.82, 2.24) is 14.9 Å². The summed E-state index contributed by atoms with van der Waals surface area (Å²) in [5.74, 6) is 0.577. The molecular weight excluding hydrogens is 350 g/mol. The van der Waals surface area contributed by atoms with E-state index in [4.69, 9.17) is 0 Å². The lowest BCUT2D eigenvalue weighted by atomic mass is 9.94. The standard InChI is InChI=1S/C19H29N3O3S/c1-14-10-15(2)13-22(12-14)26(24,25)18-7-5-16(6-8-18)19(23)21-17-4-3-9-20-11-17/h5-8,14-15,17,20H,3-4,9-13H2,1-2H3,(H,21,23). The Morgan fingerprint density at radius 3 is 2.38 bits per heavy atom. The van der Waals surface area contributed by atoms with E-state index in [1.807, 2.05) is 0 Å². The molecule has 7 heteroatoms. The van der Waals surface area contributed by atoms with Crippen LogP contribution >= 0.6 is 0 Å². The van der Waals surface area contributed by atoms with E-state index in [0.717, 1.165) is 32.4 Å². The van der Waals surface area contributed by atoms with E-state index in [2.05, 4.69) is 24.5 Å². The predicted molar refractivity (Wildman–Crippen MR) is 102 cm³/mol. The van der Waals surface area contributed by atoms with Gasteiger partial charge in [-0.15, -0.1) is 0 Å². The first-order valence-corrected chi connectivity index (χ1v) is 10.9. The minimum absolute atomic E-state index is 0.135. The smallest absolute Gasteiger partial charge is 0.251 e. The summed E-state index contributed by atoms with van der Waals surface area (Å²) in [4.78, 5) is 12.6. The fraction of sp³-hybridized carbons (Fsp3) is 0.632. The molecule has 0 bridgehead atoms. The molecule has 1 aromatic carbocycles. The van der Waals surface area contributed by atoms with E-state index in [0.29, 0.717) is 30.5 Å². The number of carbonyl (C=O) groups excluding carboxylic acids is 1. The first kappa shape index (κ1) is 19.3. The third kappa shape index (κ3) is 4.45. The van der Waals surface area contributed by atoms with Gasteiger partial charge in [-0.25, -0.2) is 8.42 Å². The van der Waals surface area contributed by atoms with Crippen molar-refractivity contribution in [2.24, 2.45) is 11.8 Å². The Morgan fingerprint density at radius 1 is 1.15 bits per heavy atom. The van der Waals surface area contributed by atoms with Crippen molar-refractivity contribution in [3.05, 3.63) is 29.8 Å². The van der Waals surface area contributed by atoms with Crippen molar-refractivity contribution in [2.45, 2.75) is 44.0 Å². The summed E-state index contributed by atoms with van der Waals surface area (Å²) in [5, 5.41) is 6.27. The maximum absolute atomic E-state index is 12.9. The largest absolute Gasteiger partial charge is 0.348 e. The number of hydrogen-bond acceptors (Lipinski definition) is 4. The third-order valence-corrected chi connectivity index (χ3v) is 7.07. The molecule has 3 unspecified atom stereocenters. The first-order chi connectivity index (χ1) is 12.4. The van der Waals surface area contributed by atoms with Crippen molar-refractivity contribution in [1.29, 1.82) is 0 Å². The second-order valence-corrected chi connectivity index (χ2v) is 9.75. The molecule has 3 atom stereocenters. The molecule has 2 heterocycles. The Balaban J connectivity index is 1.69. The first-order valence-electron chi connectivity index (χ1n) is 9.48. The molecule has 3 rings (SSSR count). The second-order valence-electron chi connectivity index (χ2n) is 7.81. The fourth-order valence-electron chi connectivity index (χ4n) is 3.97. The number of amides is 1. The molecular formula is C19H29N3O3S. The number of piperidine rings is 2. The van der Waals surface area contributed by atoms with E-state index in [1.165, 1.54) is 0 Å². The zero-order chi connectivity index (χ0) is 18.7. The zero-order valence-electron chi connectivity index (χ0n) is 15.6. The lowest BCUT2D eigenvalue weighted by molar-refractivity contribution is 0.0930. The van der Waals surface area contributed by atoms with Crippen LogP contribution in [0.4, 0.5) is 0 Å². The van der Waals surface area contributed by atoms with Crippen molar-refractivity contribution >= 4 is 15.9 Å². The molecule has 0 aliphatic carbocycles. The number of nitrogens with one attached hydrogen (secondary N) is 2. The van der Waals surface area contributed by atoms with Gasteiger partial charge in [0.25, 0.3) is 5.91 Å². The summed E-state index contributed by atoms with van der Waals surface area (Å²) in [7, 11) is -3.51. The maximum Gasteiger partial charge on any atom is 0.251 e. The van der Waals surface area contributed by atoms with Crippen LogP contribution < -0.4 is 10.6 Å². The van der Waals surface area contributed by atoms with Gasteiger partial charge in [0.15, 0.2) is 0 Å². The Morgan fingerprint density at radius 2 is 1.81 bits per heavy atom. The molecule has 144 valence electrons. The highest BCUT2D eigenvalue weighted by molar-refractivity contribution is 7.89. The number of sulfonamides is 1. The van der Waals surface area contributed by atoms with E-state index in [1.54, 1.807) is 28.6 Å². The van der Waals surface area contributed by atoms with Gasteiger partial charge < -0.3 is 10.6 Å². The number of rotatable bonds is 4. The molecule has 2 N–H and O–H groups in total. The van der Waals surface area contributed by atoms with Crippen LogP contribution in [-0.4, -0.2) is 50.9 Å². The maximum atomic E-state index is 12.9. The summed E-state index contributed by atoms with van der Waals surface area (Å²) in [5.41, 5.74) is 0.495. The van der Waals surface area contributed by atoms with Crippen LogP contribution in [0, 0.1) is 11.8 Å². The molecule has 6 nitrogen and oxygen atoms in total. The van der Waals surface area contributed by atoms with Crippen molar-refractivity contribution < 1.29 is 13.2 Å². The van der Waals surface area contributed by atoms with Crippen molar-refractivity contribution in [3.63, 3.8) is 0 Å². The second kappa shape index (κ2) is 8.06. The lowest BCUT2D eigenvalue weighted by Gasteiger charge is -2.34. The number of hydrogen-bond donors (Lipinski definition) is 2. The molecule has 2 fully saturated rings. The molecule has 1 amide bonds. The number of benzene rings is 1. The minimum Gasteiger partial charge on any atom is -0.348 e. The van der Waals surface area contributed by atoms with Crippen molar-refractivity contribution in [2.75, 3.05) is 26.2 Å². The molecule has 1 aromatic rings. The average molecular weight is 380 g/mol. The molecule has 0 spiro atoms. The van der Waals surface area contributed by atoms with Crippen LogP contribution in [0.2, 0.25) is 0 Å². The van der Waals surface area contributed by atoms with Gasteiger partial charge in [-0.2, -0.15) is 4.31 Å². The highest BCUT2D eigenvalue weighted by Gasteiger charge is 2.31. The van der Waals surface area contributed by atoms with E-state index in [9.17, 15) is 13.2 Å². The van der Waals surface area contributed by atoms with Gasteiger partial charge in [0, 0.05) is 31.2 Å². The van der Waals surface area contributed by atoms with E-state index >= 15 is 0 Å². The van der Waals surface area contributed by atoms with Gasteiger partial charge in [0.1, 0.15) is 0 Å². The van der Waals surface area contributed by atoms with Crippen LogP contribution in [0.25, 0.3) is 0 Å². The van der Waals surface area contributed by atoms with Crippen LogP contribution in [-0.2, 0) is 10.0 Å². The Kier molecular flexibility index (Phi) is 5.99. The predicted octanol–water partition coefficient (Wildman–Crippen LogP) is 1.84. The number of carbonyl (C=O) groups is 1. The lowest BCUT2D eigenvalue weighted by Crippen LogP contribution is -2.45. The van der Waals surface area contributed by atoms with Gasteiger partial charge in [-0.1, -0.05) is 13.8 Å². The Hall–Kier alpha value is -1.44.